The molecule has 4 nitrogen and oxygen atoms in total. The summed E-state index contributed by atoms with van der Waals surface area (Å²) in [5.74, 6) is 0. The summed E-state index contributed by atoms with van der Waals surface area (Å²) in [6.07, 6.45) is 0. The zero-order valence-corrected chi connectivity index (χ0v) is 19.8. The van der Waals surface area contributed by atoms with Crippen molar-refractivity contribution < 1.29 is 16.6 Å². The van der Waals surface area contributed by atoms with Crippen LogP contribution in [0.1, 0.15) is 112 Å². The number of hydrogen-bond donors (Lipinski definition) is 4. The lowest BCUT2D eigenvalue weighted by Crippen LogP contribution is -2.26. The van der Waals surface area contributed by atoms with Crippen LogP contribution in [0, 0.1) is 0 Å². The van der Waals surface area contributed by atoms with Crippen molar-refractivity contribution >= 4 is 0 Å². The number of rotatable bonds is 0. The molecule has 0 saturated carbocycles. The predicted octanol–water partition coefficient (Wildman–Crippen LogP) is 6.62. The van der Waals surface area contributed by atoms with Gasteiger partial charge in [0.1, 0.15) is 0 Å². The minimum Gasteiger partial charge on any atom is -0.361 e. The molecule has 4 aromatic heterocycles. The second kappa shape index (κ2) is 6.34. The van der Waals surface area contributed by atoms with Crippen molar-refractivity contribution in [3.8, 4) is 0 Å². The number of nitrogens with one attached hydrogen (secondary N) is 4. The fourth-order valence-electron chi connectivity index (χ4n) is 3.96. The van der Waals surface area contributed by atoms with Gasteiger partial charge in [0.05, 0.1) is 11.0 Å². The molecule has 0 aromatic carbocycles. The van der Waals surface area contributed by atoms with Crippen molar-refractivity contribution in [3.05, 3.63) is 93.9 Å². The topological polar surface area (TPSA) is 63.2 Å². The predicted molar refractivity (Wildman–Crippen MR) is 132 cm³/mol. The number of H-pyrrole nitrogens is 4. The molecule has 4 aromatic rings. The summed E-state index contributed by atoms with van der Waals surface area (Å²) in [6.45, 7) is 12.7. The Morgan fingerprint density at radius 2 is 0.531 bits per heavy atom. The van der Waals surface area contributed by atoms with Crippen LogP contribution in [0.4, 0.5) is 0 Å². The summed E-state index contributed by atoms with van der Waals surface area (Å²) < 4.78 is 108. The molecular weight excluding hydrogens is 392 g/mol. The van der Waals surface area contributed by atoms with Gasteiger partial charge in [0.2, 0.25) is 0 Å². The third-order valence-electron chi connectivity index (χ3n) is 6.83. The molecule has 5 rings (SSSR count). The van der Waals surface area contributed by atoms with E-state index in [9.17, 15) is 5.65 Å². The molecule has 0 amide bonds. The maximum absolute atomic E-state index is 9.19. The third kappa shape index (κ3) is 2.81. The third-order valence-corrected chi connectivity index (χ3v) is 6.83. The van der Waals surface area contributed by atoms with Crippen LogP contribution in [-0.4, -0.2) is 19.9 Å². The van der Waals surface area contributed by atoms with E-state index in [1.807, 2.05) is 0 Å². The Morgan fingerprint density at radius 1 is 0.406 bits per heavy atom. The molecule has 5 heterocycles. The molecule has 168 valence electrons. The molecule has 0 radical (unpaired) electrons. The van der Waals surface area contributed by atoms with E-state index in [4.69, 9.17) is 11.0 Å². The molecule has 4 N–H and O–H groups in total. The van der Waals surface area contributed by atoms with Gasteiger partial charge in [0.25, 0.3) is 0 Å². The molecule has 0 atom stereocenters. The monoisotopic (exact) mass is 440 g/mol. The second-order valence-electron chi connectivity index (χ2n) is 10.7. The number of hydrogen-bond acceptors (Lipinski definition) is 0. The van der Waals surface area contributed by atoms with Crippen molar-refractivity contribution in [2.24, 2.45) is 0 Å². The molecule has 32 heavy (non-hydrogen) atoms. The van der Waals surface area contributed by atoms with Crippen molar-refractivity contribution in [2.75, 3.05) is 0 Å². The van der Waals surface area contributed by atoms with Gasteiger partial charge in [0.15, 0.2) is 5.65 Å². The van der Waals surface area contributed by atoms with E-state index >= 15 is 0 Å². The first-order valence-corrected chi connectivity index (χ1v) is 10.8. The molecular formula is C28H36N4. The van der Waals surface area contributed by atoms with Crippen LogP contribution in [0.2, 0.25) is 5.65 Å². The molecule has 0 spiro atoms. The molecule has 0 saturated heterocycles. The average Bonchev–Trinajstić information content (AvgIpc) is 3.43. The lowest BCUT2D eigenvalue weighted by molar-refractivity contribution is 0.545. The summed E-state index contributed by atoms with van der Waals surface area (Å²) in [5, 5.41) is 0. The fourth-order valence-corrected chi connectivity index (χ4v) is 3.96. The summed E-state index contributed by atoms with van der Waals surface area (Å²) in [6, 6.07) is -2.75. The smallest absolute Gasteiger partial charge is 0.166 e. The van der Waals surface area contributed by atoms with Crippen molar-refractivity contribution in [1.29, 1.82) is 0 Å². The van der Waals surface area contributed by atoms with Gasteiger partial charge in [-0.05, 0) is 104 Å². The lowest BCUT2D eigenvalue weighted by atomic mass is 9.85. The van der Waals surface area contributed by atoms with Gasteiger partial charge in [0, 0.05) is 67.2 Å². The Bertz CT molecular complexity index is 1510. The first kappa shape index (κ1) is 11.3. The van der Waals surface area contributed by atoms with Crippen LogP contribution < -0.4 is 0 Å². The summed E-state index contributed by atoms with van der Waals surface area (Å²) in [7, 11) is 0. The normalized spacial score (nSPS) is 25.5. The zero-order valence-electron chi connectivity index (χ0n) is 31.8. The van der Waals surface area contributed by atoms with E-state index in [0.29, 0.717) is 0 Å². The van der Waals surface area contributed by atoms with Crippen molar-refractivity contribution in [1.82, 2.24) is 19.9 Å². The fraction of sp³-hybridized carbons (Fsp3) is 0.429. The minimum absolute atomic E-state index is 0.0384. The first-order valence-electron chi connectivity index (χ1n) is 16.6. The quantitative estimate of drug-likeness (QED) is 0.238. The van der Waals surface area contributed by atoms with Gasteiger partial charge in [-0.15, -0.1) is 0 Å². The summed E-state index contributed by atoms with van der Waals surface area (Å²) in [5.41, 5.74) is -6.13. The van der Waals surface area contributed by atoms with Crippen LogP contribution in [-0.2, 0) is 21.7 Å². The van der Waals surface area contributed by atoms with E-state index in [2.05, 4.69) is 0 Å². The molecule has 0 aliphatic carbocycles. The molecule has 0 fully saturated rings. The Kier molecular flexibility index (Phi) is 2.24. The van der Waals surface area contributed by atoms with Gasteiger partial charge in [-0.25, -0.2) is 0 Å². The molecule has 0 unspecified atom stereocenters. The minimum atomic E-state index is -1.46. The molecule has 4 heteroatoms. The first-order chi connectivity index (χ1) is 19.9. The highest BCUT2D eigenvalue weighted by Crippen LogP contribution is 2.40. The van der Waals surface area contributed by atoms with Crippen LogP contribution in [0.25, 0.3) is 0 Å². The molecule has 1 aliphatic rings. The van der Waals surface area contributed by atoms with E-state index < -0.39 is 21.7 Å². The van der Waals surface area contributed by atoms with Crippen LogP contribution in [0.5, 0.6) is 0 Å². The Morgan fingerprint density at radius 3 is 0.656 bits per heavy atom. The highest BCUT2D eigenvalue weighted by atomic mass is 14.9. The van der Waals surface area contributed by atoms with Gasteiger partial charge >= 0.3 is 0 Å². The summed E-state index contributed by atoms with van der Waals surface area (Å²) in [4.78, 5) is 3.57. The van der Waals surface area contributed by atoms with E-state index in [1.165, 1.54) is 0 Å². The average molecular weight is 441 g/mol. The van der Waals surface area contributed by atoms with Gasteiger partial charge in [-0.1, -0.05) is 0 Å². The number of aromatic amines is 4. The van der Waals surface area contributed by atoms with E-state index in [1.54, 1.807) is 55.4 Å². The van der Waals surface area contributed by atoms with Crippen molar-refractivity contribution in [2.45, 2.75) is 77.0 Å². The van der Waals surface area contributed by atoms with Gasteiger partial charge in [-0.2, -0.15) is 0 Å². The Labute approximate surface area is 208 Å². The van der Waals surface area contributed by atoms with Gasteiger partial charge < -0.3 is 19.9 Å². The summed E-state index contributed by atoms with van der Waals surface area (Å²) >= 11 is 0. The SMILES string of the molecule is [2H]c1c([2H])c2n([2H])c1C(C)(C)c1c([2H])c([2H])c(n1[2H])C(C)(C)c1c([2H])c([2H])c(n1[2H])C(C)(C)c1c([2H])c([2H])c(n1[2H])C2(C)C. The van der Waals surface area contributed by atoms with E-state index in [0.717, 1.165) is 19.9 Å². The number of aromatic nitrogens is 4. The Balaban J connectivity index is 2.08. The second-order valence-corrected chi connectivity index (χ2v) is 10.7. The number of fused-ring (bicyclic) bond motifs is 8. The maximum Gasteiger partial charge on any atom is 0.166 e. The van der Waals surface area contributed by atoms with Crippen LogP contribution in [0.15, 0.2) is 48.3 Å². The van der Waals surface area contributed by atoms with E-state index in [-0.39, 0.29) is 93.9 Å². The largest absolute Gasteiger partial charge is 0.361 e. The maximum atomic E-state index is 9.19. The van der Waals surface area contributed by atoms with Crippen LogP contribution >= 0.6 is 0 Å². The Hall–Kier alpha value is -2.88. The van der Waals surface area contributed by atoms with Crippen LogP contribution in [0.3, 0.4) is 0 Å². The van der Waals surface area contributed by atoms with Gasteiger partial charge in [-0.3, -0.25) is 0 Å². The zero-order chi connectivity index (χ0) is 33.5. The highest BCUT2D eigenvalue weighted by molar-refractivity contribution is 5.43. The standard InChI is InChI=1S/C28H36N4/c1-25(2)17-9-11-19(29-17)26(3,4)21-13-15-23(31-21)28(7,8)24-16-14-22(32-24)27(5,6)20-12-10-18(25)30-20/h9-16,29-32H,1-8H3/i9D,10D,11D,12D,13D,14D,15D,16D/hD4. The molecule has 1 aliphatic heterocycles. The molecule has 8 bridgehead atoms. The lowest BCUT2D eigenvalue weighted by Gasteiger charge is -2.28. The highest BCUT2D eigenvalue weighted by Gasteiger charge is 2.36. The van der Waals surface area contributed by atoms with Crippen molar-refractivity contribution in [3.63, 3.8) is 0 Å².